The van der Waals surface area contributed by atoms with Crippen molar-refractivity contribution in [3.63, 3.8) is 0 Å². The molecular weight excluding hydrogens is 465 g/mol. The van der Waals surface area contributed by atoms with Crippen LogP contribution < -0.4 is 15.4 Å². The van der Waals surface area contributed by atoms with Gasteiger partial charge in [-0.25, -0.2) is 4.98 Å². The molecule has 0 unspecified atom stereocenters. The molecule has 0 saturated carbocycles. The van der Waals surface area contributed by atoms with E-state index in [9.17, 15) is 9.59 Å². The van der Waals surface area contributed by atoms with Crippen LogP contribution in [0.1, 0.15) is 26.3 Å². The highest BCUT2D eigenvalue weighted by molar-refractivity contribution is 6.30. The summed E-state index contributed by atoms with van der Waals surface area (Å²) in [5, 5.41) is 13.9. The fourth-order valence-corrected chi connectivity index (χ4v) is 2.92. The third-order valence-corrected chi connectivity index (χ3v) is 4.78. The topological polar surface area (TPSA) is 107 Å². The Balaban J connectivity index is 0.00000385. The summed E-state index contributed by atoms with van der Waals surface area (Å²) >= 11 is 5.83. The van der Waals surface area contributed by atoms with Gasteiger partial charge in [0, 0.05) is 31.4 Å². The third-order valence-electron chi connectivity index (χ3n) is 4.56. The summed E-state index contributed by atoms with van der Waals surface area (Å²) in [5.41, 5.74) is 1.60. The zero-order valence-corrected chi connectivity index (χ0v) is 19.8. The Morgan fingerprint density at radius 3 is 2.21 bits per heavy atom. The maximum absolute atomic E-state index is 12.9. The standard InChI is InChI=1S/C23H22ClN5O3.ClH/c1-29(2)21(25)14-4-6-15(7-5-14)22(30)27-19-10-9-17(32-3)12-18(19)23(31)28-20-11-8-16(24)13-26-20;/h4-13,25H,1-3H3,(H,27,30)(H,26,28,31);1H. The number of anilines is 2. The van der Waals surface area contributed by atoms with Gasteiger partial charge in [-0.1, -0.05) is 23.7 Å². The molecule has 0 atom stereocenters. The molecule has 172 valence electrons. The van der Waals surface area contributed by atoms with Gasteiger partial charge in [0.25, 0.3) is 11.8 Å². The summed E-state index contributed by atoms with van der Waals surface area (Å²) in [6.07, 6.45) is 1.42. The van der Waals surface area contributed by atoms with Crippen LogP contribution >= 0.6 is 24.0 Å². The smallest absolute Gasteiger partial charge is 0.259 e. The normalized spacial score (nSPS) is 9.94. The molecule has 0 aliphatic heterocycles. The van der Waals surface area contributed by atoms with Gasteiger partial charge in [0.05, 0.1) is 23.4 Å². The molecule has 1 heterocycles. The monoisotopic (exact) mass is 487 g/mol. The van der Waals surface area contributed by atoms with E-state index < -0.39 is 11.8 Å². The molecule has 3 N–H and O–H groups in total. The summed E-state index contributed by atoms with van der Waals surface area (Å²) in [6.45, 7) is 0. The molecule has 2 amide bonds. The molecule has 0 aliphatic rings. The molecule has 0 fully saturated rings. The van der Waals surface area contributed by atoms with Gasteiger partial charge in [0.1, 0.15) is 17.4 Å². The second kappa shape index (κ2) is 11.3. The highest BCUT2D eigenvalue weighted by atomic mass is 35.5. The second-order valence-corrected chi connectivity index (χ2v) is 7.44. The lowest BCUT2D eigenvalue weighted by molar-refractivity contribution is 0.102. The number of ether oxygens (including phenoxy) is 1. The summed E-state index contributed by atoms with van der Waals surface area (Å²) in [6, 6.07) is 14.6. The number of hydrogen-bond acceptors (Lipinski definition) is 5. The van der Waals surface area contributed by atoms with E-state index in [1.165, 1.54) is 19.4 Å². The minimum absolute atomic E-state index is 0. The molecule has 8 nitrogen and oxygen atoms in total. The van der Waals surface area contributed by atoms with Gasteiger partial charge < -0.3 is 20.3 Å². The van der Waals surface area contributed by atoms with E-state index in [-0.39, 0.29) is 18.0 Å². The zero-order chi connectivity index (χ0) is 23.3. The molecule has 0 bridgehead atoms. The lowest BCUT2D eigenvalue weighted by Gasteiger charge is -2.15. The SMILES string of the molecule is COc1ccc(NC(=O)c2ccc(C(=N)N(C)C)cc2)c(C(=O)Nc2ccc(Cl)cn2)c1.Cl. The number of carbonyl (C=O) groups is 2. The van der Waals surface area contributed by atoms with Gasteiger partial charge in [-0.05, 0) is 42.5 Å². The first-order chi connectivity index (χ1) is 15.3. The van der Waals surface area contributed by atoms with E-state index in [0.29, 0.717) is 39.2 Å². The molecule has 10 heteroatoms. The molecule has 0 aliphatic carbocycles. The number of nitrogens with zero attached hydrogens (tertiary/aromatic N) is 2. The van der Waals surface area contributed by atoms with Crippen LogP contribution in [0.5, 0.6) is 5.75 Å². The van der Waals surface area contributed by atoms with E-state index in [1.807, 2.05) is 0 Å². The molecule has 33 heavy (non-hydrogen) atoms. The number of pyridine rings is 1. The number of rotatable bonds is 6. The zero-order valence-electron chi connectivity index (χ0n) is 18.2. The Morgan fingerprint density at radius 2 is 1.64 bits per heavy atom. The molecule has 0 saturated heterocycles. The van der Waals surface area contributed by atoms with Crippen LogP contribution in [0.15, 0.2) is 60.8 Å². The molecular formula is C23H23Cl2N5O3. The number of amides is 2. The number of benzene rings is 2. The fourth-order valence-electron chi connectivity index (χ4n) is 2.81. The van der Waals surface area contributed by atoms with Crippen molar-refractivity contribution in [1.29, 1.82) is 5.41 Å². The Morgan fingerprint density at radius 1 is 0.970 bits per heavy atom. The second-order valence-electron chi connectivity index (χ2n) is 7.00. The molecule has 0 radical (unpaired) electrons. The minimum Gasteiger partial charge on any atom is -0.497 e. The van der Waals surface area contributed by atoms with E-state index in [1.54, 1.807) is 67.5 Å². The summed E-state index contributed by atoms with van der Waals surface area (Å²) in [7, 11) is 5.04. The van der Waals surface area contributed by atoms with Crippen LogP contribution in [0.25, 0.3) is 0 Å². The largest absolute Gasteiger partial charge is 0.497 e. The van der Waals surface area contributed by atoms with Crippen molar-refractivity contribution in [1.82, 2.24) is 9.88 Å². The number of aromatic nitrogens is 1. The van der Waals surface area contributed by atoms with Gasteiger partial charge >= 0.3 is 0 Å². The third kappa shape index (κ3) is 6.44. The lowest BCUT2D eigenvalue weighted by Crippen LogP contribution is -2.22. The number of halogens is 2. The summed E-state index contributed by atoms with van der Waals surface area (Å²) < 4.78 is 5.22. The Kier molecular flexibility index (Phi) is 8.78. The van der Waals surface area contributed by atoms with Crippen molar-refractivity contribution < 1.29 is 14.3 Å². The number of nitrogens with one attached hydrogen (secondary N) is 3. The average molecular weight is 488 g/mol. The van der Waals surface area contributed by atoms with Crippen LogP contribution in [0.2, 0.25) is 5.02 Å². The van der Waals surface area contributed by atoms with Crippen LogP contribution in [-0.4, -0.2) is 48.7 Å². The quantitative estimate of drug-likeness (QED) is 0.349. The fraction of sp³-hybridized carbons (Fsp3) is 0.130. The van der Waals surface area contributed by atoms with E-state index >= 15 is 0 Å². The van der Waals surface area contributed by atoms with Gasteiger partial charge in [0.2, 0.25) is 0 Å². The summed E-state index contributed by atoms with van der Waals surface area (Å²) in [4.78, 5) is 31.4. The number of amidine groups is 1. The first kappa shape index (κ1) is 25.6. The van der Waals surface area contributed by atoms with Gasteiger partial charge in [-0.3, -0.25) is 15.0 Å². The number of carbonyl (C=O) groups excluding carboxylic acids is 2. The predicted octanol–water partition coefficient (Wildman–Crippen LogP) is 4.56. The van der Waals surface area contributed by atoms with Crippen molar-refractivity contribution in [2.45, 2.75) is 0 Å². The van der Waals surface area contributed by atoms with Crippen molar-refractivity contribution in [2.75, 3.05) is 31.8 Å². The van der Waals surface area contributed by atoms with Crippen LogP contribution in [-0.2, 0) is 0 Å². The Hall–Kier alpha value is -3.62. The van der Waals surface area contributed by atoms with Gasteiger partial charge in [0.15, 0.2) is 0 Å². The van der Waals surface area contributed by atoms with Crippen LogP contribution in [0, 0.1) is 5.41 Å². The van der Waals surface area contributed by atoms with E-state index in [0.717, 1.165) is 0 Å². The van der Waals surface area contributed by atoms with Crippen molar-refractivity contribution >= 4 is 53.2 Å². The molecule has 3 aromatic rings. The Bertz CT molecular complexity index is 1150. The highest BCUT2D eigenvalue weighted by Crippen LogP contribution is 2.24. The van der Waals surface area contributed by atoms with E-state index in [4.69, 9.17) is 21.7 Å². The molecule has 3 rings (SSSR count). The van der Waals surface area contributed by atoms with Crippen LogP contribution in [0.3, 0.4) is 0 Å². The van der Waals surface area contributed by atoms with E-state index in [2.05, 4.69) is 15.6 Å². The number of hydrogen-bond donors (Lipinski definition) is 3. The van der Waals surface area contributed by atoms with Crippen molar-refractivity contribution in [3.8, 4) is 5.75 Å². The first-order valence-corrected chi connectivity index (χ1v) is 9.95. The Labute approximate surface area is 202 Å². The maximum atomic E-state index is 12.9. The summed E-state index contributed by atoms with van der Waals surface area (Å²) in [5.74, 6) is 0.254. The minimum atomic E-state index is -0.469. The molecule has 2 aromatic carbocycles. The van der Waals surface area contributed by atoms with Crippen LogP contribution in [0.4, 0.5) is 11.5 Å². The maximum Gasteiger partial charge on any atom is 0.259 e. The van der Waals surface area contributed by atoms with Crippen molar-refractivity contribution in [2.24, 2.45) is 0 Å². The number of methoxy groups -OCH3 is 1. The lowest BCUT2D eigenvalue weighted by atomic mass is 10.1. The van der Waals surface area contributed by atoms with Crippen molar-refractivity contribution in [3.05, 3.63) is 82.5 Å². The highest BCUT2D eigenvalue weighted by Gasteiger charge is 2.17. The molecule has 0 spiro atoms. The molecule has 1 aromatic heterocycles. The first-order valence-electron chi connectivity index (χ1n) is 9.57. The van der Waals surface area contributed by atoms with Gasteiger partial charge in [-0.2, -0.15) is 0 Å². The predicted molar refractivity (Wildman–Crippen MR) is 132 cm³/mol. The van der Waals surface area contributed by atoms with Gasteiger partial charge in [-0.15, -0.1) is 12.4 Å². The average Bonchev–Trinajstić information content (AvgIpc) is 2.80.